The van der Waals surface area contributed by atoms with Crippen molar-refractivity contribution in [2.24, 2.45) is 0 Å². The fourth-order valence-electron chi connectivity index (χ4n) is 2.83. The summed E-state index contributed by atoms with van der Waals surface area (Å²) in [6.07, 6.45) is 3.21. The maximum atomic E-state index is 13.3. The Balaban J connectivity index is 1.68. The van der Waals surface area contributed by atoms with Gasteiger partial charge in [-0.3, -0.25) is 9.78 Å². The Bertz CT molecular complexity index is 1130. The van der Waals surface area contributed by atoms with Gasteiger partial charge in [0.05, 0.1) is 5.69 Å². The average Bonchev–Trinajstić information content (AvgIpc) is 3.19. The second-order valence-electron chi connectivity index (χ2n) is 6.23. The normalized spacial score (nSPS) is 10.7. The van der Waals surface area contributed by atoms with E-state index >= 15 is 0 Å². The number of aromatic nitrogens is 4. The SMILES string of the molecule is O=C(NCc1ccc(F)cc1)c1nnn(-c2ccc(F)cc2)c1-c1cccnc1. The van der Waals surface area contributed by atoms with E-state index in [-0.39, 0.29) is 23.9 Å². The van der Waals surface area contributed by atoms with Crippen LogP contribution in [0.15, 0.2) is 73.1 Å². The fraction of sp³-hybridized carbons (Fsp3) is 0.0476. The molecule has 0 saturated carbocycles. The lowest BCUT2D eigenvalue weighted by Crippen LogP contribution is -2.24. The van der Waals surface area contributed by atoms with Crippen LogP contribution < -0.4 is 5.32 Å². The predicted octanol–water partition coefficient (Wildman–Crippen LogP) is 3.54. The van der Waals surface area contributed by atoms with Crippen molar-refractivity contribution in [3.05, 3.63) is 95.9 Å². The molecule has 1 N–H and O–H groups in total. The molecule has 2 aromatic heterocycles. The Hall–Kier alpha value is -3.94. The number of nitrogens with zero attached hydrogens (tertiary/aromatic N) is 4. The average molecular weight is 391 g/mol. The molecule has 4 aromatic rings. The van der Waals surface area contributed by atoms with E-state index in [4.69, 9.17) is 0 Å². The van der Waals surface area contributed by atoms with Crippen molar-refractivity contribution >= 4 is 5.91 Å². The summed E-state index contributed by atoms with van der Waals surface area (Å²) in [6, 6.07) is 15.0. The topological polar surface area (TPSA) is 72.7 Å². The molecule has 0 fully saturated rings. The number of benzene rings is 2. The summed E-state index contributed by atoms with van der Waals surface area (Å²) < 4.78 is 27.8. The Morgan fingerprint density at radius 2 is 1.66 bits per heavy atom. The van der Waals surface area contributed by atoms with Gasteiger partial charge in [0.15, 0.2) is 5.69 Å². The fourth-order valence-corrected chi connectivity index (χ4v) is 2.83. The first-order valence-electron chi connectivity index (χ1n) is 8.76. The highest BCUT2D eigenvalue weighted by molar-refractivity contribution is 5.98. The Kier molecular flexibility index (Phi) is 5.07. The van der Waals surface area contributed by atoms with E-state index in [9.17, 15) is 13.6 Å². The van der Waals surface area contributed by atoms with Gasteiger partial charge in [-0.25, -0.2) is 13.5 Å². The van der Waals surface area contributed by atoms with Crippen LogP contribution in [0.2, 0.25) is 0 Å². The minimum atomic E-state index is -0.443. The molecule has 4 rings (SSSR count). The molecule has 2 heterocycles. The predicted molar refractivity (Wildman–Crippen MR) is 102 cm³/mol. The number of rotatable bonds is 5. The summed E-state index contributed by atoms with van der Waals surface area (Å²) >= 11 is 0. The first-order valence-corrected chi connectivity index (χ1v) is 8.76. The molecule has 144 valence electrons. The van der Waals surface area contributed by atoms with E-state index < -0.39 is 5.91 Å². The van der Waals surface area contributed by atoms with Crippen LogP contribution in [0.25, 0.3) is 16.9 Å². The first-order chi connectivity index (χ1) is 14.1. The number of carbonyl (C=O) groups excluding carboxylic acids is 1. The Morgan fingerprint density at radius 3 is 2.31 bits per heavy atom. The van der Waals surface area contributed by atoms with Crippen LogP contribution in [0.3, 0.4) is 0 Å². The van der Waals surface area contributed by atoms with Gasteiger partial charge in [0.25, 0.3) is 5.91 Å². The van der Waals surface area contributed by atoms with Crippen molar-refractivity contribution in [2.75, 3.05) is 0 Å². The number of pyridine rings is 1. The van der Waals surface area contributed by atoms with E-state index in [2.05, 4.69) is 20.6 Å². The molecule has 1 amide bonds. The molecule has 8 heteroatoms. The van der Waals surface area contributed by atoms with Crippen LogP contribution in [0.1, 0.15) is 16.1 Å². The number of nitrogens with one attached hydrogen (secondary N) is 1. The highest BCUT2D eigenvalue weighted by Gasteiger charge is 2.22. The second kappa shape index (κ2) is 7.97. The molecule has 0 saturated heterocycles. The van der Waals surface area contributed by atoms with Crippen LogP contribution >= 0.6 is 0 Å². The molecule has 6 nitrogen and oxygen atoms in total. The van der Waals surface area contributed by atoms with Gasteiger partial charge in [0, 0.05) is 24.5 Å². The van der Waals surface area contributed by atoms with Crippen molar-refractivity contribution in [3.63, 3.8) is 0 Å². The summed E-state index contributed by atoms with van der Waals surface area (Å²) in [4.78, 5) is 16.9. The van der Waals surface area contributed by atoms with Gasteiger partial charge in [0.1, 0.15) is 17.3 Å². The summed E-state index contributed by atoms with van der Waals surface area (Å²) in [5.41, 5.74) is 2.46. The molecule has 0 aliphatic heterocycles. The molecular formula is C21H15F2N5O. The van der Waals surface area contributed by atoms with Crippen molar-refractivity contribution in [2.45, 2.75) is 6.54 Å². The van der Waals surface area contributed by atoms with Gasteiger partial charge in [-0.1, -0.05) is 17.3 Å². The maximum Gasteiger partial charge on any atom is 0.274 e. The van der Waals surface area contributed by atoms with Gasteiger partial charge in [-0.2, -0.15) is 0 Å². The largest absolute Gasteiger partial charge is 0.346 e. The molecule has 0 unspecified atom stereocenters. The third kappa shape index (κ3) is 4.01. The summed E-state index contributed by atoms with van der Waals surface area (Å²) in [5.74, 6) is -1.17. The van der Waals surface area contributed by atoms with Crippen molar-refractivity contribution in [1.82, 2.24) is 25.3 Å². The smallest absolute Gasteiger partial charge is 0.274 e. The zero-order valence-electron chi connectivity index (χ0n) is 15.1. The number of carbonyl (C=O) groups is 1. The second-order valence-corrected chi connectivity index (χ2v) is 6.23. The summed E-state index contributed by atoms with van der Waals surface area (Å²) in [5, 5.41) is 10.9. The monoisotopic (exact) mass is 391 g/mol. The molecule has 2 aromatic carbocycles. The van der Waals surface area contributed by atoms with Crippen LogP contribution in [0.4, 0.5) is 8.78 Å². The van der Waals surface area contributed by atoms with Gasteiger partial charge in [-0.05, 0) is 54.1 Å². The van der Waals surface area contributed by atoms with Crippen molar-refractivity contribution < 1.29 is 13.6 Å². The lowest BCUT2D eigenvalue weighted by Gasteiger charge is -2.09. The zero-order chi connectivity index (χ0) is 20.2. The quantitative estimate of drug-likeness (QED) is 0.565. The van der Waals surface area contributed by atoms with E-state index in [0.717, 1.165) is 5.56 Å². The number of amides is 1. The molecular weight excluding hydrogens is 376 g/mol. The Labute approximate surface area is 164 Å². The highest BCUT2D eigenvalue weighted by Crippen LogP contribution is 2.24. The number of halogens is 2. The summed E-state index contributed by atoms with van der Waals surface area (Å²) in [7, 11) is 0. The first kappa shape index (κ1) is 18.4. The molecule has 0 aliphatic rings. The van der Waals surface area contributed by atoms with Crippen molar-refractivity contribution in [3.8, 4) is 16.9 Å². The molecule has 29 heavy (non-hydrogen) atoms. The molecule has 0 atom stereocenters. The van der Waals surface area contributed by atoms with Crippen molar-refractivity contribution in [1.29, 1.82) is 0 Å². The molecule has 0 bridgehead atoms. The highest BCUT2D eigenvalue weighted by atomic mass is 19.1. The molecule has 0 radical (unpaired) electrons. The van der Waals surface area contributed by atoms with E-state index in [1.54, 1.807) is 48.8 Å². The zero-order valence-corrected chi connectivity index (χ0v) is 15.1. The lowest BCUT2D eigenvalue weighted by molar-refractivity contribution is 0.0946. The van der Waals surface area contributed by atoms with Gasteiger partial charge >= 0.3 is 0 Å². The van der Waals surface area contributed by atoms with Crippen LogP contribution in [0, 0.1) is 11.6 Å². The van der Waals surface area contributed by atoms with Gasteiger partial charge in [-0.15, -0.1) is 5.10 Å². The van der Waals surface area contributed by atoms with Gasteiger partial charge < -0.3 is 5.32 Å². The third-order valence-electron chi connectivity index (χ3n) is 4.26. The van der Waals surface area contributed by atoms with Gasteiger partial charge in [0.2, 0.25) is 0 Å². The molecule has 0 spiro atoms. The third-order valence-corrected chi connectivity index (χ3v) is 4.26. The number of hydrogen-bond acceptors (Lipinski definition) is 4. The van der Waals surface area contributed by atoms with Crippen LogP contribution in [0.5, 0.6) is 0 Å². The summed E-state index contributed by atoms with van der Waals surface area (Å²) in [6.45, 7) is 0.203. The maximum absolute atomic E-state index is 13.3. The number of hydrogen-bond donors (Lipinski definition) is 1. The van der Waals surface area contributed by atoms with Crippen LogP contribution in [-0.2, 0) is 6.54 Å². The Morgan fingerprint density at radius 1 is 0.966 bits per heavy atom. The minimum Gasteiger partial charge on any atom is -0.346 e. The van der Waals surface area contributed by atoms with E-state index in [1.807, 2.05) is 0 Å². The molecule has 0 aliphatic carbocycles. The minimum absolute atomic E-state index is 0.101. The lowest BCUT2D eigenvalue weighted by atomic mass is 10.1. The van der Waals surface area contributed by atoms with Crippen LogP contribution in [-0.4, -0.2) is 25.9 Å². The van der Waals surface area contributed by atoms with E-state index in [1.165, 1.54) is 28.9 Å². The standard InChI is InChI=1S/C21H15F2N5O/c22-16-5-3-14(4-6-16)12-25-21(29)19-20(15-2-1-11-24-13-15)28(27-26-19)18-9-7-17(23)8-10-18/h1-11,13H,12H2,(H,25,29). The van der Waals surface area contributed by atoms with E-state index in [0.29, 0.717) is 16.9 Å².